The molecule has 0 aromatic heterocycles. The van der Waals surface area contributed by atoms with Gasteiger partial charge in [0.25, 0.3) is 0 Å². The Kier molecular flexibility index (Phi) is 5.40. The van der Waals surface area contributed by atoms with Crippen LogP contribution >= 0.6 is 0 Å². The van der Waals surface area contributed by atoms with Crippen molar-refractivity contribution in [2.75, 3.05) is 13.7 Å². The zero-order chi connectivity index (χ0) is 13.0. The van der Waals surface area contributed by atoms with Crippen LogP contribution in [0.1, 0.15) is 40.0 Å². The summed E-state index contributed by atoms with van der Waals surface area (Å²) in [4.78, 5) is 14.0. The Bertz CT molecular complexity index is 256. The minimum absolute atomic E-state index is 0.0978. The average Bonchev–Trinajstić information content (AvgIpc) is 2.35. The fourth-order valence-corrected chi connectivity index (χ4v) is 2.72. The molecule has 0 aromatic carbocycles. The van der Waals surface area contributed by atoms with E-state index in [0.717, 1.165) is 13.0 Å². The van der Waals surface area contributed by atoms with Crippen molar-refractivity contribution in [3.05, 3.63) is 0 Å². The molecule has 4 heteroatoms. The van der Waals surface area contributed by atoms with E-state index in [1.807, 2.05) is 6.92 Å². The SMILES string of the molecule is COC(=O)C(C)C(C)N1CCCCC1C(C)N. The number of methoxy groups -OCH3 is 1. The fraction of sp³-hybridized carbons (Fsp3) is 0.923. The third-order valence-electron chi connectivity index (χ3n) is 4.02. The van der Waals surface area contributed by atoms with Crippen molar-refractivity contribution < 1.29 is 9.53 Å². The number of ether oxygens (including phenoxy) is 1. The van der Waals surface area contributed by atoms with Crippen LogP contribution in [0.5, 0.6) is 0 Å². The highest BCUT2D eigenvalue weighted by Gasteiger charge is 2.33. The number of nitrogens with zero attached hydrogens (tertiary/aromatic N) is 1. The molecule has 0 saturated carbocycles. The zero-order valence-electron chi connectivity index (χ0n) is 11.5. The highest BCUT2D eigenvalue weighted by molar-refractivity contribution is 5.72. The van der Waals surface area contributed by atoms with E-state index >= 15 is 0 Å². The molecule has 0 amide bonds. The summed E-state index contributed by atoms with van der Waals surface area (Å²) >= 11 is 0. The van der Waals surface area contributed by atoms with Gasteiger partial charge in [0.2, 0.25) is 0 Å². The Balaban J connectivity index is 2.70. The number of carbonyl (C=O) groups excluding carboxylic acids is 1. The molecule has 4 nitrogen and oxygen atoms in total. The van der Waals surface area contributed by atoms with E-state index in [-0.39, 0.29) is 24.0 Å². The summed E-state index contributed by atoms with van der Waals surface area (Å²) in [6.07, 6.45) is 3.57. The van der Waals surface area contributed by atoms with Crippen LogP contribution in [0.4, 0.5) is 0 Å². The number of piperidine rings is 1. The van der Waals surface area contributed by atoms with Gasteiger partial charge >= 0.3 is 5.97 Å². The molecule has 4 atom stereocenters. The number of likely N-dealkylation sites (tertiary alicyclic amines) is 1. The van der Waals surface area contributed by atoms with E-state index in [2.05, 4.69) is 18.7 Å². The lowest BCUT2D eigenvalue weighted by molar-refractivity contribution is -0.147. The van der Waals surface area contributed by atoms with Crippen molar-refractivity contribution in [2.45, 2.75) is 58.2 Å². The third-order valence-corrected chi connectivity index (χ3v) is 4.02. The molecule has 17 heavy (non-hydrogen) atoms. The Labute approximate surface area is 104 Å². The molecule has 1 rings (SSSR count). The summed E-state index contributed by atoms with van der Waals surface area (Å²) in [5.41, 5.74) is 6.05. The van der Waals surface area contributed by atoms with Gasteiger partial charge in [-0.2, -0.15) is 0 Å². The first kappa shape index (κ1) is 14.5. The number of rotatable bonds is 4. The van der Waals surface area contributed by atoms with E-state index in [4.69, 9.17) is 10.5 Å². The molecular weight excluding hydrogens is 216 g/mol. The number of hydrogen-bond acceptors (Lipinski definition) is 4. The second kappa shape index (κ2) is 6.36. The second-order valence-electron chi connectivity index (χ2n) is 5.21. The van der Waals surface area contributed by atoms with Gasteiger partial charge < -0.3 is 10.5 Å². The van der Waals surface area contributed by atoms with Crippen LogP contribution in [0.3, 0.4) is 0 Å². The van der Waals surface area contributed by atoms with Crippen molar-refractivity contribution in [3.63, 3.8) is 0 Å². The summed E-state index contributed by atoms with van der Waals surface area (Å²) < 4.78 is 4.82. The van der Waals surface area contributed by atoms with E-state index in [1.165, 1.54) is 20.0 Å². The van der Waals surface area contributed by atoms with Crippen molar-refractivity contribution in [1.29, 1.82) is 0 Å². The molecule has 1 fully saturated rings. The summed E-state index contributed by atoms with van der Waals surface area (Å²) in [6, 6.07) is 0.743. The first-order valence-corrected chi connectivity index (χ1v) is 6.58. The summed E-state index contributed by atoms with van der Waals surface area (Å²) in [6.45, 7) is 7.12. The summed E-state index contributed by atoms with van der Waals surface area (Å²) in [5.74, 6) is -0.231. The Morgan fingerprint density at radius 3 is 2.53 bits per heavy atom. The number of hydrogen-bond donors (Lipinski definition) is 1. The first-order chi connectivity index (χ1) is 7.99. The number of nitrogens with two attached hydrogens (primary N) is 1. The summed E-state index contributed by atoms with van der Waals surface area (Å²) in [7, 11) is 1.45. The van der Waals surface area contributed by atoms with Gasteiger partial charge in [-0.15, -0.1) is 0 Å². The minimum Gasteiger partial charge on any atom is -0.469 e. The van der Waals surface area contributed by atoms with Crippen molar-refractivity contribution in [3.8, 4) is 0 Å². The summed E-state index contributed by atoms with van der Waals surface area (Å²) in [5, 5.41) is 0. The number of carbonyl (C=O) groups is 1. The lowest BCUT2D eigenvalue weighted by Crippen LogP contribution is -2.55. The average molecular weight is 242 g/mol. The molecule has 0 bridgehead atoms. The highest BCUT2D eigenvalue weighted by Crippen LogP contribution is 2.25. The standard InChI is InChI=1S/C13H26N2O2/c1-9(13(16)17-4)11(3)15-8-6-5-7-12(15)10(2)14/h9-12H,5-8,14H2,1-4H3. The van der Waals surface area contributed by atoms with E-state index in [1.54, 1.807) is 0 Å². The molecule has 1 aliphatic rings. The van der Waals surface area contributed by atoms with Crippen LogP contribution in [0.25, 0.3) is 0 Å². The maximum Gasteiger partial charge on any atom is 0.309 e. The van der Waals surface area contributed by atoms with Crippen molar-refractivity contribution in [1.82, 2.24) is 4.90 Å². The fourth-order valence-electron chi connectivity index (χ4n) is 2.72. The molecule has 0 spiro atoms. The monoisotopic (exact) mass is 242 g/mol. The van der Waals surface area contributed by atoms with Gasteiger partial charge in [0, 0.05) is 18.1 Å². The van der Waals surface area contributed by atoms with Crippen LogP contribution < -0.4 is 5.73 Å². The third kappa shape index (κ3) is 3.42. The lowest BCUT2D eigenvalue weighted by atomic mass is 9.91. The zero-order valence-corrected chi connectivity index (χ0v) is 11.5. The molecule has 4 unspecified atom stereocenters. The molecule has 1 saturated heterocycles. The van der Waals surface area contributed by atoms with Crippen LogP contribution in [0.15, 0.2) is 0 Å². The van der Waals surface area contributed by atoms with Gasteiger partial charge in [0.1, 0.15) is 0 Å². The number of esters is 1. The van der Waals surface area contributed by atoms with E-state index < -0.39 is 0 Å². The van der Waals surface area contributed by atoms with Gasteiger partial charge in [0.05, 0.1) is 13.0 Å². The highest BCUT2D eigenvalue weighted by atomic mass is 16.5. The molecule has 0 radical (unpaired) electrons. The topological polar surface area (TPSA) is 55.6 Å². The maximum absolute atomic E-state index is 11.6. The Hall–Kier alpha value is -0.610. The molecular formula is C13H26N2O2. The van der Waals surface area contributed by atoms with Gasteiger partial charge in [-0.25, -0.2) is 0 Å². The van der Waals surface area contributed by atoms with Crippen molar-refractivity contribution >= 4 is 5.97 Å². The maximum atomic E-state index is 11.6. The normalized spacial score (nSPS) is 27.2. The predicted octanol–water partition coefficient (Wildman–Crippen LogP) is 1.39. The van der Waals surface area contributed by atoms with Gasteiger partial charge in [-0.05, 0) is 33.2 Å². The Morgan fingerprint density at radius 2 is 2.00 bits per heavy atom. The molecule has 100 valence electrons. The van der Waals surface area contributed by atoms with Crippen LogP contribution in [0, 0.1) is 5.92 Å². The largest absolute Gasteiger partial charge is 0.469 e. The first-order valence-electron chi connectivity index (χ1n) is 6.58. The van der Waals surface area contributed by atoms with Gasteiger partial charge in [0.15, 0.2) is 0 Å². The van der Waals surface area contributed by atoms with Crippen LogP contribution in [-0.4, -0.2) is 42.6 Å². The molecule has 0 aromatic rings. The van der Waals surface area contributed by atoms with E-state index in [0.29, 0.717) is 6.04 Å². The minimum atomic E-state index is -0.133. The molecule has 2 N–H and O–H groups in total. The molecule has 0 aliphatic carbocycles. The van der Waals surface area contributed by atoms with Crippen LogP contribution in [0.2, 0.25) is 0 Å². The predicted molar refractivity (Wildman–Crippen MR) is 68.6 cm³/mol. The lowest BCUT2D eigenvalue weighted by Gasteiger charge is -2.43. The Morgan fingerprint density at radius 1 is 1.35 bits per heavy atom. The van der Waals surface area contributed by atoms with E-state index in [9.17, 15) is 4.79 Å². The quantitative estimate of drug-likeness (QED) is 0.757. The van der Waals surface area contributed by atoms with Crippen LogP contribution in [-0.2, 0) is 9.53 Å². The van der Waals surface area contributed by atoms with Crippen molar-refractivity contribution in [2.24, 2.45) is 11.7 Å². The second-order valence-corrected chi connectivity index (χ2v) is 5.21. The molecule has 1 heterocycles. The molecule has 1 aliphatic heterocycles. The van der Waals surface area contributed by atoms with Gasteiger partial charge in [-0.3, -0.25) is 9.69 Å². The van der Waals surface area contributed by atoms with Gasteiger partial charge in [-0.1, -0.05) is 13.3 Å². The smallest absolute Gasteiger partial charge is 0.309 e.